The Kier molecular flexibility index (Phi) is 3.11. The van der Waals surface area contributed by atoms with Crippen LogP contribution in [-0.2, 0) is 23.4 Å². The first kappa shape index (κ1) is 13.9. The summed E-state index contributed by atoms with van der Waals surface area (Å²) in [5.41, 5.74) is 1.60. The van der Waals surface area contributed by atoms with Gasteiger partial charge >= 0.3 is 6.09 Å². The summed E-state index contributed by atoms with van der Waals surface area (Å²) in [4.78, 5) is 13.7. The molecule has 0 saturated heterocycles. The highest BCUT2D eigenvalue weighted by Gasteiger charge is 2.31. The lowest BCUT2D eigenvalue weighted by Crippen LogP contribution is -2.34. The Hall–Kier alpha value is -1.52. The molecule has 0 bridgehead atoms. The van der Waals surface area contributed by atoms with Crippen molar-refractivity contribution in [2.24, 2.45) is 0 Å². The van der Waals surface area contributed by atoms with Crippen molar-refractivity contribution in [3.8, 4) is 0 Å². The third-order valence-electron chi connectivity index (χ3n) is 2.92. The molecule has 0 fully saturated rings. The molecule has 2 heterocycles. The molecule has 0 aromatic carbocycles. The van der Waals surface area contributed by atoms with E-state index in [0.717, 1.165) is 11.3 Å². The second-order valence-corrected chi connectivity index (χ2v) is 7.05. The summed E-state index contributed by atoms with van der Waals surface area (Å²) in [7, 11) is 0. The van der Waals surface area contributed by atoms with E-state index in [1.807, 2.05) is 31.6 Å². The maximum atomic E-state index is 12.0. The number of nitrogens with zero attached hydrogens (tertiary/aromatic N) is 3. The van der Waals surface area contributed by atoms with Gasteiger partial charge in [0, 0.05) is 11.8 Å². The van der Waals surface area contributed by atoms with E-state index in [9.17, 15) is 4.79 Å². The molecule has 0 unspecified atom stereocenters. The van der Waals surface area contributed by atoms with Crippen LogP contribution >= 0.6 is 0 Å². The first-order valence-electron chi connectivity index (χ1n) is 6.62. The van der Waals surface area contributed by atoms with Gasteiger partial charge in [0.05, 0.1) is 24.3 Å². The zero-order valence-corrected chi connectivity index (χ0v) is 12.6. The number of rotatable bonds is 0. The first-order chi connectivity index (χ1) is 8.56. The van der Waals surface area contributed by atoms with Crippen LogP contribution in [0.3, 0.4) is 0 Å². The number of fused-ring (bicyclic) bond motifs is 1. The lowest BCUT2D eigenvalue weighted by molar-refractivity contribution is 0.0238. The quantitative estimate of drug-likeness (QED) is 0.724. The van der Waals surface area contributed by atoms with Crippen LogP contribution in [0.4, 0.5) is 4.79 Å². The zero-order chi connectivity index (χ0) is 14.4. The Bertz CT molecular complexity index is 468. The molecule has 106 valence electrons. The van der Waals surface area contributed by atoms with Crippen molar-refractivity contribution in [2.45, 2.75) is 65.8 Å². The van der Waals surface area contributed by atoms with E-state index in [2.05, 4.69) is 25.9 Å². The highest BCUT2D eigenvalue weighted by molar-refractivity contribution is 5.69. The lowest BCUT2D eigenvalue weighted by atomic mass is 10.1. The SMILES string of the molecule is CC(C)(C)OC(=O)N1Cc2cn(C(C)(C)C)nc2C1. The maximum absolute atomic E-state index is 12.0. The molecule has 2 rings (SSSR count). The van der Waals surface area contributed by atoms with Gasteiger partial charge in [-0.2, -0.15) is 5.10 Å². The van der Waals surface area contributed by atoms with Gasteiger partial charge in [-0.25, -0.2) is 4.79 Å². The molecule has 0 atom stereocenters. The van der Waals surface area contributed by atoms with Crippen LogP contribution < -0.4 is 0 Å². The average molecular weight is 265 g/mol. The zero-order valence-electron chi connectivity index (χ0n) is 12.6. The van der Waals surface area contributed by atoms with E-state index in [-0.39, 0.29) is 11.6 Å². The molecular formula is C14H23N3O2. The molecule has 5 heteroatoms. The highest BCUT2D eigenvalue weighted by atomic mass is 16.6. The highest BCUT2D eigenvalue weighted by Crippen LogP contribution is 2.25. The van der Waals surface area contributed by atoms with Gasteiger partial charge in [0.25, 0.3) is 0 Å². The molecule has 0 saturated carbocycles. The minimum atomic E-state index is -0.456. The molecular weight excluding hydrogens is 242 g/mol. The van der Waals surface area contributed by atoms with Gasteiger partial charge in [-0.05, 0) is 41.5 Å². The van der Waals surface area contributed by atoms with Crippen molar-refractivity contribution in [2.75, 3.05) is 0 Å². The third-order valence-corrected chi connectivity index (χ3v) is 2.92. The standard InChI is InChI=1S/C14H23N3O2/c1-13(2,3)17-8-10-7-16(9-11(10)15-17)12(18)19-14(4,5)6/h8H,7,9H2,1-6H3. The van der Waals surface area contributed by atoms with E-state index < -0.39 is 5.60 Å². The monoisotopic (exact) mass is 265 g/mol. The number of carbonyl (C=O) groups is 1. The second-order valence-electron chi connectivity index (χ2n) is 7.05. The predicted octanol–water partition coefficient (Wildman–Crippen LogP) is 2.89. The van der Waals surface area contributed by atoms with Gasteiger partial charge in [0.2, 0.25) is 0 Å². The molecule has 1 aromatic rings. The first-order valence-corrected chi connectivity index (χ1v) is 6.62. The molecule has 0 spiro atoms. The number of ether oxygens (including phenoxy) is 1. The van der Waals surface area contributed by atoms with E-state index in [4.69, 9.17) is 4.74 Å². The van der Waals surface area contributed by atoms with E-state index in [1.54, 1.807) is 4.90 Å². The van der Waals surface area contributed by atoms with Crippen LogP contribution in [-0.4, -0.2) is 26.4 Å². The van der Waals surface area contributed by atoms with Crippen molar-refractivity contribution < 1.29 is 9.53 Å². The largest absolute Gasteiger partial charge is 0.444 e. The Balaban J connectivity index is 2.06. The average Bonchev–Trinajstić information content (AvgIpc) is 2.68. The molecule has 1 aliphatic rings. The molecule has 19 heavy (non-hydrogen) atoms. The summed E-state index contributed by atoms with van der Waals surface area (Å²) in [6.45, 7) is 13.1. The van der Waals surface area contributed by atoms with Gasteiger partial charge in [-0.15, -0.1) is 0 Å². The molecule has 1 aromatic heterocycles. The van der Waals surface area contributed by atoms with Gasteiger partial charge in [0.15, 0.2) is 0 Å². The van der Waals surface area contributed by atoms with Crippen molar-refractivity contribution in [3.63, 3.8) is 0 Å². The van der Waals surface area contributed by atoms with Crippen LogP contribution in [0.25, 0.3) is 0 Å². The molecule has 1 amide bonds. The smallest absolute Gasteiger partial charge is 0.410 e. The number of carbonyl (C=O) groups excluding carboxylic acids is 1. The third kappa shape index (κ3) is 3.08. The van der Waals surface area contributed by atoms with Crippen LogP contribution in [0.1, 0.15) is 52.8 Å². The van der Waals surface area contributed by atoms with Crippen LogP contribution in [0.5, 0.6) is 0 Å². The molecule has 0 radical (unpaired) electrons. The molecule has 0 N–H and O–H groups in total. The minimum Gasteiger partial charge on any atom is -0.444 e. The Labute approximate surface area is 114 Å². The summed E-state index contributed by atoms with van der Waals surface area (Å²) >= 11 is 0. The fraction of sp³-hybridized carbons (Fsp3) is 0.714. The topological polar surface area (TPSA) is 47.4 Å². The van der Waals surface area contributed by atoms with Crippen LogP contribution in [0, 0.1) is 0 Å². The number of hydrogen-bond acceptors (Lipinski definition) is 3. The van der Waals surface area contributed by atoms with E-state index in [0.29, 0.717) is 13.1 Å². The van der Waals surface area contributed by atoms with Crippen LogP contribution in [0.2, 0.25) is 0 Å². The van der Waals surface area contributed by atoms with Gasteiger partial charge in [0.1, 0.15) is 5.60 Å². The van der Waals surface area contributed by atoms with Gasteiger partial charge in [-0.1, -0.05) is 0 Å². The summed E-state index contributed by atoms with van der Waals surface area (Å²) in [5.74, 6) is 0. The Morgan fingerprint density at radius 3 is 2.32 bits per heavy atom. The normalized spacial score (nSPS) is 15.6. The molecule has 1 aliphatic heterocycles. The van der Waals surface area contributed by atoms with Gasteiger partial charge in [-0.3, -0.25) is 9.58 Å². The van der Waals surface area contributed by atoms with Gasteiger partial charge < -0.3 is 4.74 Å². The van der Waals surface area contributed by atoms with E-state index >= 15 is 0 Å². The molecule has 5 nitrogen and oxygen atoms in total. The fourth-order valence-corrected chi connectivity index (χ4v) is 1.95. The summed E-state index contributed by atoms with van der Waals surface area (Å²) in [5, 5.41) is 4.56. The number of hydrogen-bond donors (Lipinski definition) is 0. The lowest BCUT2D eigenvalue weighted by Gasteiger charge is -2.24. The van der Waals surface area contributed by atoms with Crippen molar-refractivity contribution in [1.29, 1.82) is 0 Å². The number of aromatic nitrogens is 2. The summed E-state index contributed by atoms with van der Waals surface area (Å²) < 4.78 is 7.33. The second kappa shape index (κ2) is 4.25. The predicted molar refractivity (Wildman–Crippen MR) is 72.7 cm³/mol. The summed E-state index contributed by atoms with van der Waals surface area (Å²) in [6, 6.07) is 0. The van der Waals surface area contributed by atoms with Crippen molar-refractivity contribution >= 4 is 6.09 Å². The van der Waals surface area contributed by atoms with Crippen molar-refractivity contribution in [3.05, 3.63) is 17.5 Å². The Morgan fingerprint density at radius 2 is 1.84 bits per heavy atom. The minimum absolute atomic E-state index is 0.0267. The summed E-state index contributed by atoms with van der Waals surface area (Å²) in [6.07, 6.45) is 1.76. The van der Waals surface area contributed by atoms with Crippen LogP contribution in [0.15, 0.2) is 6.20 Å². The van der Waals surface area contributed by atoms with E-state index in [1.165, 1.54) is 0 Å². The fourth-order valence-electron chi connectivity index (χ4n) is 1.95. The number of amides is 1. The maximum Gasteiger partial charge on any atom is 0.410 e. The molecule has 0 aliphatic carbocycles. The Morgan fingerprint density at radius 1 is 1.21 bits per heavy atom. The van der Waals surface area contributed by atoms with Crippen molar-refractivity contribution in [1.82, 2.24) is 14.7 Å².